The van der Waals surface area contributed by atoms with Crippen LogP contribution in [0.3, 0.4) is 0 Å². The molecule has 0 spiro atoms. The third-order valence-electron chi connectivity index (χ3n) is 2.85. The quantitative estimate of drug-likeness (QED) is 0.776. The summed E-state index contributed by atoms with van der Waals surface area (Å²) in [6.45, 7) is 4.56. The Morgan fingerprint density at radius 1 is 1.14 bits per heavy atom. The maximum Gasteiger partial charge on any atom is 0.326 e. The summed E-state index contributed by atoms with van der Waals surface area (Å²) in [7, 11) is 0. The Hall–Kier alpha value is -2.37. The molecule has 0 aliphatic heterocycles. The number of esters is 1. The van der Waals surface area contributed by atoms with Gasteiger partial charge in [-0.1, -0.05) is 44.2 Å². The third kappa shape index (κ3) is 4.91. The van der Waals surface area contributed by atoms with Crippen molar-refractivity contribution in [2.24, 2.45) is 5.92 Å². The minimum atomic E-state index is -1.16. The second kappa shape index (κ2) is 7.42. The largest absolute Gasteiger partial charge is 0.480 e. The first-order valence-electron chi connectivity index (χ1n) is 6.58. The van der Waals surface area contributed by atoms with Crippen molar-refractivity contribution >= 4 is 17.8 Å². The number of carbonyl (C=O) groups is 3. The maximum atomic E-state index is 12.2. The molecule has 1 aromatic rings. The molecule has 0 aliphatic carbocycles. The van der Waals surface area contributed by atoms with E-state index in [1.807, 2.05) is 0 Å². The van der Waals surface area contributed by atoms with Crippen LogP contribution < -0.4 is 5.32 Å². The lowest BCUT2D eigenvalue weighted by molar-refractivity contribution is -0.155. The van der Waals surface area contributed by atoms with Crippen LogP contribution in [0.25, 0.3) is 0 Å². The number of benzene rings is 1. The second-order valence-corrected chi connectivity index (χ2v) is 4.97. The normalized spacial score (nSPS) is 13.3. The van der Waals surface area contributed by atoms with Crippen molar-refractivity contribution < 1.29 is 24.2 Å². The lowest BCUT2D eigenvalue weighted by Crippen LogP contribution is -2.46. The zero-order valence-electron chi connectivity index (χ0n) is 12.2. The van der Waals surface area contributed by atoms with Gasteiger partial charge in [-0.15, -0.1) is 0 Å². The predicted molar refractivity (Wildman–Crippen MR) is 75.4 cm³/mol. The molecular formula is C15H19NO5. The van der Waals surface area contributed by atoms with Crippen molar-refractivity contribution in [3.63, 3.8) is 0 Å². The van der Waals surface area contributed by atoms with Gasteiger partial charge in [0.1, 0.15) is 6.04 Å². The highest BCUT2D eigenvalue weighted by molar-refractivity contribution is 5.88. The van der Waals surface area contributed by atoms with Crippen LogP contribution >= 0.6 is 0 Å². The Bertz CT molecular complexity index is 512. The molecule has 0 radical (unpaired) electrons. The number of aliphatic carboxylic acids is 1. The summed E-state index contributed by atoms with van der Waals surface area (Å²) >= 11 is 0. The molecule has 0 bridgehead atoms. The van der Waals surface area contributed by atoms with Crippen LogP contribution in [0.1, 0.15) is 32.4 Å². The van der Waals surface area contributed by atoms with E-state index in [1.165, 1.54) is 6.92 Å². The number of hydrogen-bond acceptors (Lipinski definition) is 4. The monoisotopic (exact) mass is 293 g/mol. The van der Waals surface area contributed by atoms with Crippen molar-refractivity contribution in [3.05, 3.63) is 35.9 Å². The average Bonchev–Trinajstić information content (AvgIpc) is 2.42. The molecule has 0 saturated carbocycles. The number of hydrogen-bond donors (Lipinski definition) is 2. The smallest absolute Gasteiger partial charge is 0.326 e. The SMILES string of the molecule is CC(=O)OC(C(=O)NC(C(=O)O)C(C)C)c1ccccc1. The van der Waals surface area contributed by atoms with E-state index in [-0.39, 0.29) is 5.92 Å². The highest BCUT2D eigenvalue weighted by Crippen LogP contribution is 2.18. The van der Waals surface area contributed by atoms with Gasteiger partial charge in [-0.05, 0) is 5.92 Å². The van der Waals surface area contributed by atoms with Crippen LogP contribution in [0.4, 0.5) is 0 Å². The van der Waals surface area contributed by atoms with Gasteiger partial charge in [-0.2, -0.15) is 0 Å². The van der Waals surface area contributed by atoms with Crippen LogP contribution in [-0.4, -0.2) is 29.0 Å². The first-order valence-corrected chi connectivity index (χ1v) is 6.58. The minimum absolute atomic E-state index is 0.291. The van der Waals surface area contributed by atoms with Crippen LogP contribution in [0, 0.1) is 5.92 Å². The summed E-state index contributed by atoms with van der Waals surface area (Å²) in [6.07, 6.45) is -1.16. The first-order chi connectivity index (χ1) is 9.82. The van der Waals surface area contributed by atoms with Gasteiger partial charge in [0.05, 0.1) is 0 Å². The number of amides is 1. The third-order valence-corrected chi connectivity index (χ3v) is 2.85. The van der Waals surface area contributed by atoms with E-state index in [0.29, 0.717) is 5.56 Å². The molecule has 6 nitrogen and oxygen atoms in total. The van der Waals surface area contributed by atoms with E-state index in [0.717, 1.165) is 0 Å². The molecule has 1 aromatic carbocycles. The minimum Gasteiger partial charge on any atom is -0.480 e. The Morgan fingerprint density at radius 3 is 2.14 bits per heavy atom. The van der Waals surface area contributed by atoms with E-state index in [4.69, 9.17) is 9.84 Å². The van der Waals surface area contributed by atoms with Gasteiger partial charge in [-0.25, -0.2) is 4.79 Å². The van der Waals surface area contributed by atoms with E-state index >= 15 is 0 Å². The van der Waals surface area contributed by atoms with E-state index in [9.17, 15) is 14.4 Å². The van der Waals surface area contributed by atoms with Crippen LogP contribution in [0.15, 0.2) is 30.3 Å². The average molecular weight is 293 g/mol. The number of rotatable bonds is 6. The highest BCUT2D eigenvalue weighted by Gasteiger charge is 2.30. The standard InChI is InChI=1S/C15H19NO5/c1-9(2)12(15(19)20)16-14(18)13(21-10(3)17)11-7-5-4-6-8-11/h4-9,12-13H,1-3H3,(H,16,18)(H,19,20). The molecule has 2 unspecified atom stereocenters. The van der Waals surface area contributed by atoms with E-state index in [1.54, 1.807) is 44.2 Å². The molecule has 0 fully saturated rings. The molecule has 2 N–H and O–H groups in total. The molecule has 2 atom stereocenters. The lowest BCUT2D eigenvalue weighted by Gasteiger charge is -2.22. The van der Waals surface area contributed by atoms with Crippen molar-refractivity contribution in [1.82, 2.24) is 5.32 Å². The molecule has 0 aliphatic rings. The van der Waals surface area contributed by atoms with Crippen molar-refractivity contribution in [1.29, 1.82) is 0 Å². The zero-order valence-corrected chi connectivity index (χ0v) is 12.2. The fourth-order valence-electron chi connectivity index (χ4n) is 1.81. The van der Waals surface area contributed by atoms with Crippen LogP contribution in [-0.2, 0) is 19.1 Å². The van der Waals surface area contributed by atoms with Crippen LogP contribution in [0.2, 0.25) is 0 Å². The number of nitrogens with one attached hydrogen (secondary N) is 1. The summed E-state index contributed by atoms with van der Waals surface area (Å²) < 4.78 is 5.01. The fraction of sp³-hybridized carbons (Fsp3) is 0.400. The van der Waals surface area contributed by atoms with Crippen molar-refractivity contribution in [3.8, 4) is 0 Å². The molecule has 1 rings (SSSR count). The number of carbonyl (C=O) groups excluding carboxylic acids is 2. The molecule has 21 heavy (non-hydrogen) atoms. The second-order valence-electron chi connectivity index (χ2n) is 4.97. The van der Waals surface area contributed by atoms with Gasteiger partial charge in [0.25, 0.3) is 5.91 Å². The molecule has 0 aromatic heterocycles. The molecular weight excluding hydrogens is 274 g/mol. The van der Waals surface area contributed by atoms with Gasteiger partial charge in [0.15, 0.2) is 0 Å². The van der Waals surface area contributed by atoms with Crippen molar-refractivity contribution in [2.75, 3.05) is 0 Å². The zero-order chi connectivity index (χ0) is 16.0. The Balaban J connectivity index is 2.96. The number of carboxylic acid groups (broad SMARTS) is 1. The lowest BCUT2D eigenvalue weighted by atomic mass is 10.0. The highest BCUT2D eigenvalue weighted by atomic mass is 16.5. The van der Waals surface area contributed by atoms with Crippen molar-refractivity contribution in [2.45, 2.75) is 32.9 Å². The Labute approximate surface area is 123 Å². The molecule has 0 heterocycles. The summed E-state index contributed by atoms with van der Waals surface area (Å²) in [5, 5.41) is 11.5. The van der Waals surface area contributed by atoms with Gasteiger partial charge in [-0.3, -0.25) is 9.59 Å². The van der Waals surface area contributed by atoms with Gasteiger partial charge >= 0.3 is 11.9 Å². The Morgan fingerprint density at radius 2 is 1.71 bits per heavy atom. The molecule has 6 heteroatoms. The number of ether oxygens (including phenoxy) is 1. The van der Waals surface area contributed by atoms with Gasteiger partial charge < -0.3 is 15.2 Å². The molecule has 1 amide bonds. The summed E-state index contributed by atoms with van der Waals surface area (Å²) in [5.74, 6) is -2.69. The summed E-state index contributed by atoms with van der Waals surface area (Å²) in [4.78, 5) is 34.5. The Kier molecular flexibility index (Phi) is 5.90. The summed E-state index contributed by atoms with van der Waals surface area (Å²) in [5.41, 5.74) is 0.484. The maximum absolute atomic E-state index is 12.2. The van der Waals surface area contributed by atoms with Crippen LogP contribution in [0.5, 0.6) is 0 Å². The first kappa shape index (κ1) is 16.7. The summed E-state index contributed by atoms with van der Waals surface area (Å²) in [6, 6.07) is 7.41. The van der Waals surface area contributed by atoms with Gasteiger partial charge in [0, 0.05) is 12.5 Å². The predicted octanol–water partition coefficient (Wildman–Crippen LogP) is 1.52. The van der Waals surface area contributed by atoms with E-state index < -0.39 is 30.0 Å². The molecule has 114 valence electrons. The van der Waals surface area contributed by atoms with E-state index in [2.05, 4.69) is 5.32 Å². The van der Waals surface area contributed by atoms with Gasteiger partial charge in [0.2, 0.25) is 6.10 Å². The fourth-order valence-corrected chi connectivity index (χ4v) is 1.81. The topological polar surface area (TPSA) is 92.7 Å². The number of carboxylic acids is 1. The molecule has 0 saturated heterocycles.